The van der Waals surface area contributed by atoms with Gasteiger partial charge in [-0.15, -0.1) is 0 Å². The first-order valence-corrected chi connectivity index (χ1v) is 18.4. The van der Waals surface area contributed by atoms with Crippen LogP contribution in [-0.2, 0) is 25.5 Å². The molecule has 46 heavy (non-hydrogen) atoms. The zero-order chi connectivity index (χ0) is 33.0. The summed E-state index contributed by atoms with van der Waals surface area (Å²) in [6, 6.07) is 26.0. The average molecular weight is 656 g/mol. The van der Waals surface area contributed by atoms with Crippen molar-refractivity contribution in [1.29, 1.82) is 0 Å². The number of hydrogen-bond donors (Lipinski definition) is 0. The second kappa shape index (κ2) is 11.7. The molecule has 4 aromatic carbocycles. The van der Waals surface area contributed by atoms with E-state index >= 15 is 0 Å². The molecule has 0 saturated carbocycles. The normalized spacial score (nSPS) is 19.9. The van der Waals surface area contributed by atoms with Crippen molar-refractivity contribution in [2.45, 2.75) is 68.8 Å². The third kappa shape index (κ3) is 5.24. The SMILES string of the molecule is Cc1ccc(S(=O)(=O)N(/C=C\C[C@@]23CCN(S(=O)(=O)c4ccc(C)cc4)[C@@H]2N(C)c2ccccc23)c2c(C)cc(C)cc2C)cc1. The van der Waals surface area contributed by atoms with E-state index in [0.717, 1.165) is 39.1 Å². The largest absolute Gasteiger partial charge is 0.357 e. The first-order valence-electron chi connectivity index (χ1n) is 15.5. The number of sulfonamides is 2. The van der Waals surface area contributed by atoms with Crippen molar-refractivity contribution in [3.05, 3.63) is 131 Å². The van der Waals surface area contributed by atoms with E-state index in [1.807, 2.05) is 90.2 Å². The van der Waals surface area contributed by atoms with Crippen molar-refractivity contribution in [2.24, 2.45) is 0 Å². The number of likely N-dealkylation sites (N-methyl/N-ethyl adjacent to an activating group) is 1. The summed E-state index contributed by atoms with van der Waals surface area (Å²) >= 11 is 0. The van der Waals surface area contributed by atoms with Gasteiger partial charge in [-0.2, -0.15) is 4.31 Å². The lowest BCUT2D eigenvalue weighted by Crippen LogP contribution is -2.50. The minimum Gasteiger partial charge on any atom is -0.357 e. The predicted octanol–water partition coefficient (Wildman–Crippen LogP) is 7.14. The van der Waals surface area contributed by atoms with E-state index in [2.05, 4.69) is 11.0 Å². The fourth-order valence-corrected chi connectivity index (χ4v) is 10.6. The van der Waals surface area contributed by atoms with Crippen LogP contribution in [0.25, 0.3) is 0 Å². The van der Waals surface area contributed by atoms with Gasteiger partial charge < -0.3 is 4.90 Å². The standard InChI is InChI=1S/C37H41N3O4S2/c1-26-12-16-31(17-13-26)45(41,42)39(35-29(4)24-28(3)25-30(35)5)22-9-20-37-21-23-40(46(43,44)32-18-14-27(2)15-19-32)36(37)38(6)34-11-8-7-10-33(34)37/h7-19,22,24-25,36H,20-21,23H2,1-6H3/b22-9-/t36-,37-/m0/s1. The summed E-state index contributed by atoms with van der Waals surface area (Å²) in [4.78, 5) is 2.55. The number of benzene rings is 4. The first-order chi connectivity index (χ1) is 21.8. The Morgan fingerprint density at radius 3 is 1.96 bits per heavy atom. The Bertz CT molecular complexity index is 2020. The number of allylic oxidation sites excluding steroid dienone is 1. The third-order valence-electron chi connectivity index (χ3n) is 9.52. The molecule has 1 fully saturated rings. The highest BCUT2D eigenvalue weighted by Gasteiger charge is 2.58. The van der Waals surface area contributed by atoms with Crippen molar-refractivity contribution >= 4 is 31.4 Å². The molecule has 240 valence electrons. The second-order valence-corrected chi connectivity index (χ2v) is 16.5. The fraction of sp³-hybridized carbons (Fsp3) is 0.297. The van der Waals surface area contributed by atoms with Crippen LogP contribution in [0.5, 0.6) is 0 Å². The Hall–Kier alpha value is -3.92. The van der Waals surface area contributed by atoms with E-state index in [1.54, 1.807) is 46.9 Å². The van der Waals surface area contributed by atoms with Gasteiger partial charge in [-0.3, -0.25) is 0 Å². The van der Waals surface area contributed by atoms with Crippen molar-refractivity contribution in [1.82, 2.24) is 4.31 Å². The van der Waals surface area contributed by atoms with Gasteiger partial charge in [0.15, 0.2) is 0 Å². The van der Waals surface area contributed by atoms with Crippen molar-refractivity contribution < 1.29 is 16.8 Å². The smallest absolute Gasteiger partial charge is 0.268 e. The van der Waals surface area contributed by atoms with Crippen LogP contribution in [0.15, 0.2) is 107 Å². The number of hydrogen-bond acceptors (Lipinski definition) is 5. The number of para-hydroxylation sites is 1. The van der Waals surface area contributed by atoms with Gasteiger partial charge in [-0.1, -0.05) is 77.4 Å². The maximum atomic E-state index is 14.3. The summed E-state index contributed by atoms with van der Waals surface area (Å²) in [7, 11) is -5.81. The average Bonchev–Trinajstić information content (AvgIpc) is 3.51. The van der Waals surface area contributed by atoms with Gasteiger partial charge in [0.25, 0.3) is 10.0 Å². The number of aryl methyl sites for hydroxylation is 5. The molecule has 7 nitrogen and oxygen atoms in total. The third-order valence-corrected chi connectivity index (χ3v) is 13.1. The molecule has 0 N–H and O–H groups in total. The fourth-order valence-electron chi connectivity index (χ4n) is 7.40. The molecule has 0 unspecified atom stereocenters. The monoisotopic (exact) mass is 655 g/mol. The van der Waals surface area contributed by atoms with Gasteiger partial charge >= 0.3 is 0 Å². The summed E-state index contributed by atoms with van der Waals surface area (Å²) in [5, 5.41) is 0. The van der Waals surface area contributed by atoms with Crippen molar-refractivity contribution in [3.8, 4) is 0 Å². The van der Waals surface area contributed by atoms with Crippen LogP contribution in [0.3, 0.4) is 0 Å². The molecule has 4 aromatic rings. The van der Waals surface area contributed by atoms with Crippen LogP contribution in [-0.4, -0.2) is 40.9 Å². The quantitative estimate of drug-likeness (QED) is 0.202. The Morgan fingerprint density at radius 2 is 1.35 bits per heavy atom. The lowest BCUT2D eigenvalue weighted by molar-refractivity contribution is 0.314. The van der Waals surface area contributed by atoms with Crippen molar-refractivity contribution in [2.75, 3.05) is 22.8 Å². The molecule has 9 heteroatoms. The van der Waals surface area contributed by atoms with Crippen LogP contribution in [0.2, 0.25) is 0 Å². The molecular weight excluding hydrogens is 615 g/mol. The van der Waals surface area contributed by atoms with E-state index in [9.17, 15) is 16.8 Å². The molecule has 0 aliphatic carbocycles. The summed E-state index contributed by atoms with van der Waals surface area (Å²) in [5.74, 6) is 0. The van der Waals surface area contributed by atoms with E-state index in [0.29, 0.717) is 25.1 Å². The van der Waals surface area contributed by atoms with Crippen LogP contribution in [0, 0.1) is 34.6 Å². The molecule has 0 amide bonds. The molecule has 1 saturated heterocycles. The van der Waals surface area contributed by atoms with Crippen LogP contribution in [0.1, 0.15) is 46.2 Å². The molecule has 0 aromatic heterocycles. The molecule has 2 heterocycles. The highest BCUT2D eigenvalue weighted by Crippen LogP contribution is 2.55. The van der Waals surface area contributed by atoms with Crippen LogP contribution < -0.4 is 9.21 Å². The Morgan fingerprint density at radius 1 is 0.783 bits per heavy atom. The van der Waals surface area contributed by atoms with E-state index in [4.69, 9.17) is 0 Å². The minimum absolute atomic E-state index is 0.209. The number of nitrogens with zero attached hydrogens (tertiary/aromatic N) is 3. The van der Waals surface area contributed by atoms with Gasteiger partial charge in [0.05, 0.1) is 15.5 Å². The van der Waals surface area contributed by atoms with Gasteiger partial charge in [-0.05, 0) is 94.5 Å². The minimum atomic E-state index is -3.96. The molecule has 2 aliphatic rings. The van der Waals surface area contributed by atoms with Gasteiger partial charge in [0.2, 0.25) is 10.0 Å². The molecule has 2 atom stereocenters. The molecule has 6 rings (SSSR count). The lowest BCUT2D eigenvalue weighted by atomic mass is 9.76. The molecular formula is C37H41N3O4S2. The zero-order valence-electron chi connectivity index (χ0n) is 27.2. The summed E-state index contributed by atoms with van der Waals surface area (Å²) in [6.45, 7) is 10.1. The topological polar surface area (TPSA) is 78.0 Å². The predicted molar refractivity (Wildman–Crippen MR) is 185 cm³/mol. The molecule has 0 bridgehead atoms. The van der Waals surface area contributed by atoms with Crippen molar-refractivity contribution in [3.63, 3.8) is 0 Å². The second-order valence-electron chi connectivity index (χ2n) is 12.8. The maximum Gasteiger partial charge on any atom is 0.268 e. The molecule has 0 spiro atoms. The Labute approximate surface area is 273 Å². The van der Waals surface area contributed by atoms with E-state index in [1.165, 1.54) is 4.31 Å². The number of fused-ring (bicyclic) bond motifs is 3. The van der Waals surface area contributed by atoms with Crippen LogP contribution >= 0.6 is 0 Å². The highest BCUT2D eigenvalue weighted by atomic mass is 32.2. The Kier molecular flexibility index (Phi) is 8.15. The first kappa shape index (κ1) is 32.0. The van der Waals surface area contributed by atoms with Gasteiger partial charge in [0, 0.05) is 30.9 Å². The number of rotatable bonds is 8. The highest BCUT2D eigenvalue weighted by molar-refractivity contribution is 7.93. The maximum absolute atomic E-state index is 14.3. The molecule has 2 aliphatic heterocycles. The Balaban J connectivity index is 1.44. The lowest BCUT2D eigenvalue weighted by Gasteiger charge is -2.36. The molecule has 0 radical (unpaired) electrons. The van der Waals surface area contributed by atoms with Gasteiger partial charge in [0.1, 0.15) is 6.17 Å². The van der Waals surface area contributed by atoms with Crippen LogP contribution in [0.4, 0.5) is 11.4 Å². The summed E-state index contributed by atoms with van der Waals surface area (Å²) < 4.78 is 59.8. The summed E-state index contributed by atoms with van der Waals surface area (Å²) in [6.07, 6.45) is 4.16. The number of anilines is 2. The van der Waals surface area contributed by atoms with E-state index < -0.39 is 31.6 Å². The van der Waals surface area contributed by atoms with E-state index in [-0.39, 0.29) is 9.79 Å². The zero-order valence-corrected chi connectivity index (χ0v) is 28.9. The van der Waals surface area contributed by atoms with Gasteiger partial charge in [-0.25, -0.2) is 21.1 Å². The summed E-state index contributed by atoms with van der Waals surface area (Å²) in [5.41, 5.74) is 6.85.